The predicted octanol–water partition coefficient (Wildman–Crippen LogP) is 3.00. The van der Waals surface area contributed by atoms with Gasteiger partial charge in [0, 0.05) is 12.0 Å². The minimum Gasteiger partial charge on any atom is -0.334 e. The largest absolute Gasteiger partial charge is 0.334 e. The molecule has 0 radical (unpaired) electrons. The van der Waals surface area contributed by atoms with Gasteiger partial charge < -0.3 is 4.52 Å². The topological polar surface area (TPSA) is 38.9 Å². The van der Waals surface area contributed by atoms with Gasteiger partial charge in [0.25, 0.3) is 5.89 Å². The van der Waals surface area contributed by atoms with Crippen LogP contribution in [0.4, 0.5) is 0 Å². The molecule has 0 saturated heterocycles. The Kier molecular flexibility index (Phi) is 2.39. The summed E-state index contributed by atoms with van der Waals surface area (Å²) in [7, 11) is 0. The number of unbranched alkanes of at least 4 members (excludes halogenated alkanes) is 1. The molecule has 0 aliphatic heterocycles. The average molecular weight is 216 g/mol. The number of fused-ring (bicyclic) bond motifs is 1. The molecule has 0 aromatic carbocycles. The molecule has 16 heavy (non-hydrogen) atoms. The zero-order valence-electron chi connectivity index (χ0n) is 9.52. The van der Waals surface area contributed by atoms with Crippen molar-refractivity contribution >= 4 is 5.57 Å². The van der Waals surface area contributed by atoms with Crippen LogP contribution in [-0.4, -0.2) is 10.1 Å². The van der Waals surface area contributed by atoms with E-state index in [0.717, 1.165) is 42.5 Å². The van der Waals surface area contributed by atoms with E-state index in [2.05, 4.69) is 35.3 Å². The number of rotatable bonds is 4. The molecule has 3 heteroatoms. The second kappa shape index (κ2) is 3.89. The predicted molar refractivity (Wildman–Crippen MR) is 61.6 cm³/mol. The van der Waals surface area contributed by atoms with Crippen molar-refractivity contribution in [1.29, 1.82) is 0 Å². The molecular weight excluding hydrogens is 200 g/mol. The molecule has 0 amide bonds. The molecule has 0 spiro atoms. The van der Waals surface area contributed by atoms with Crippen LogP contribution in [0.1, 0.15) is 37.9 Å². The lowest BCUT2D eigenvalue weighted by Crippen LogP contribution is -1.90. The molecule has 1 fully saturated rings. The highest BCUT2D eigenvalue weighted by atomic mass is 16.5. The molecule has 1 aromatic heterocycles. The molecule has 0 bridgehead atoms. The first kappa shape index (κ1) is 9.82. The summed E-state index contributed by atoms with van der Waals surface area (Å²) < 4.78 is 5.29. The Bertz CT molecular complexity index is 445. The van der Waals surface area contributed by atoms with Gasteiger partial charge in [-0.1, -0.05) is 36.7 Å². The van der Waals surface area contributed by atoms with E-state index >= 15 is 0 Å². The highest BCUT2D eigenvalue weighted by Crippen LogP contribution is 2.45. The first-order chi connectivity index (χ1) is 7.86. The van der Waals surface area contributed by atoms with Crippen molar-refractivity contribution in [2.24, 2.45) is 11.8 Å². The minimum absolute atomic E-state index is 0.688. The second-order valence-electron chi connectivity index (χ2n) is 4.66. The fourth-order valence-corrected chi connectivity index (χ4v) is 2.11. The van der Waals surface area contributed by atoms with Crippen molar-refractivity contribution in [3.63, 3.8) is 0 Å². The average Bonchev–Trinajstić information content (AvgIpc) is 2.94. The number of hydrogen-bond donors (Lipinski definition) is 0. The number of allylic oxidation sites excluding steroid dienone is 4. The maximum Gasteiger partial charge on any atom is 0.257 e. The van der Waals surface area contributed by atoms with Crippen LogP contribution in [0.5, 0.6) is 0 Å². The fourth-order valence-electron chi connectivity index (χ4n) is 2.11. The Morgan fingerprint density at radius 1 is 1.44 bits per heavy atom. The first-order valence-electron chi connectivity index (χ1n) is 6.10. The van der Waals surface area contributed by atoms with E-state index in [-0.39, 0.29) is 0 Å². The molecular formula is C13H16N2O. The van der Waals surface area contributed by atoms with Gasteiger partial charge in [-0.2, -0.15) is 4.98 Å². The maximum atomic E-state index is 5.29. The molecule has 3 nitrogen and oxygen atoms in total. The van der Waals surface area contributed by atoms with E-state index in [9.17, 15) is 0 Å². The third-order valence-electron chi connectivity index (χ3n) is 3.28. The third kappa shape index (κ3) is 1.82. The molecule has 1 aromatic rings. The van der Waals surface area contributed by atoms with Gasteiger partial charge in [-0.25, -0.2) is 0 Å². The standard InChI is InChI=1S/C13H16N2O/c1-2-3-4-12-14-13(16-15-12)10-6-5-9-7-11(9)8-10/h5-6,8-9,11H,2-4,7H2,1H3. The Labute approximate surface area is 95.2 Å². The lowest BCUT2D eigenvalue weighted by molar-refractivity contribution is 0.400. The lowest BCUT2D eigenvalue weighted by Gasteiger charge is -1.99. The molecule has 2 aliphatic carbocycles. The number of nitrogens with zero attached hydrogens (tertiary/aromatic N) is 2. The summed E-state index contributed by atoms with van der Waals surface area (Å²) in [5.74, 6) is 3.04. The van der Waals surface area contributed by atoms with Crippen molar-refractivity contribution < 1.29 is 4.52 Å². The summed E-state index contributed by atoms with van der Waals surface area (Å²) in [6.07, 6.45) is 11.1. The monoisotopic (exact) mass is 216 g/mol. The molecule has 3 rings (SSSR count). The SMILES string of the molecule is CCCCc1noc(C2=CC3CC3C=C2)n1. The molecule has 84 valence electrons. The smallest absolute Gasteiger partial charge is 0.257 e. The van der Waals surface area contributed by atoms with Gasteiger partial charge >= 0.3 is 0 Å². The van der Waals surface area contributed by atoms with Crippen LogP contribution in [0.2, 0.25) is 0 Å². The summed E-state index contributed by atoms with van der Waals surface area (Å²) in [5, 5.41) is 4.01. The van der Waals surface area contributed by atoms with Crippen LogP contribution in [0.3, 0.4) is 0 Å². The van der Waals surface area contributed by atoms with Gasteiger partial charge in [0.2, 0.25) is 0 Å². The van der Waals surface area contributed by atoms with Gasteiger partial charge in [0.1, 0.15) is 0 Å². The summed E-state index contributed by atoms with van der Waals surface area (Å²) in [4.78, 5) is 4.43. The normalized spacial score (nSPS) is 26.4. The van der Waals surface area contributed by atoms with Crippen LogP contribution in [-0.2, 0) is 6.42 Å². The van der Waals surface area contributed by atoms with Gasteiger partial charge in [-0.15, -0.1) is 0 Å². The fraction of sp³-hybridized carbons (Fsp3) is 0.538. The van der Waals surface area contributed by atoms with E-state index in [1.165, 1.54) is 6.42 Å². The Morgan fingerprint density at radius 3 is 3.19 bits per heavy atom. The molecule has 1 saturated carbocycles. The maximum absolute atomic E-state index is 5.29. The van der Waals surface area contributed by atoms with Crippen molar-refractivity contribution in [3.8, 4) is 0 Å². The molecule has 2 unspecified atom stereocenters. The third-order valence-corrected chi connectivity index (χ3v) is 3.28. The molecule has 0 N–H and O–H groups in total. The van der Waals surface area contributed by atoms with Crippen LogP contribution < -0.4 is 0 Å². The number of aromatic nitrogens is 2. The highest BCUT2D eigenvalue weighted by molar-refractivity contribution is 5.70. The lowest BCUT2D eigenvalue weighted by atomic mass is 10.1. The number of hydrogen-bond acceptors (Lipinski definition) is 3. The second-order valence-corrected chi connectivity index (χ2v) is 4.66. The van der Waals surface area contributed by atoms with Crippen LogP contribution >= 0.6 is 0 Å². The van der Waals surface area contributed by atoms with Crippen LogP contribution in [0.25, 0.3) is 5.57 Å². The van der Waals surface area contributed by atoms with E-state index in [4.69, 9.17) is 4.52 Å². The van der Waals surface area contributed by atoms with Crippen molar-refractivity contribution in [2.45, 2.75) is 32.6 Å². The molecule has 2 aliphatic rings. The Morgan fingerprint density at radius 2 is 2.38 bits per heavy atom. The van der Waals surface area contributed by atoms with Crippen LogP contribution in [0.15, 0.2) is 22.8 Å². The van der Waals surface area contributed by atoms with Crippen LogP contribution in [0, 0.1) is 11.8 Å². The minimum atomic E-state index is 0.688. The summed E-state index contributed by atoms with van der Waals surface area (Å²) in [5.41, 5.74) is 1.11. The summed E-state index contributed by atoms with van der Waals surface area (Å²) in [6, 6.07) is 0. The first-order valence-corrected chi connectivity index (χ1v) is 6.10. The van der Waals surface area contributed by atoms with E-state index in [0.29, 0.717) is 5.89 Å². The van der Waals surface area contributed by atoms with Crippen molar-refractivity contribution in [3.05, 3.63) is 29.9 Å². The van der Waals surface area contributed by atoms with Gasteiger partial charge in [0.15, 0.2) is 5.82 Å². The summed E-state index contributed by atoms with van der Waals surface area (Å²) >= 11 is 0. The molecule has 2 atom stereocenters. The Hall–Kier alpha value is -1.38. The number of aryl methyl sites for hydroxylation is 1. The van der Waals surface area contributed by atoms with Crippen molar-refractivity contribution in [1.82, 2.24) is 10.1 Å². The van der Waals surface area contributed by atoms with Gasteiger partial charge in [-0.05, 0) is 24.7 Å². The summed E-state index contributed by atoms with van der Waals surface area (Å²) in [6.45, 7) is 2.17. The van der Waals surface area contributed by atoms with E-state index in [1.54, 1.807) is 0 Å². The van der Waals surface area contributed by atoms with Gasteiger partial charge in [-0.3, -0.25) is 0 Å². The van der Waals surface area contributed by atoms with Crippen molar-refractivity contribution in [2.75, 3.05) is 0 Å². The Balaban J connectivity index is 1.74. The van der Waals surface area contributed by atoms with E-state index in [1.807, 2.05) is 0 Å². The van der Waals surface area contributed by atoms with Gasteiger partial charge in [0.05, 0.1) is 0 Å². The molecule has 1 heterocycles. The zero-order valence-corrected chi connectivity index (χ0v) is 9.52. The zero-order chi connectivity index (χ0) is 11.0. The van der Waals surface area contributed by atoms with E-state index < -0.39 is 0 Å². The highest BCUT2D eigenvalue weighted by Gasteiger charge is 2.35. The quantitative estimate of drug-likeness (QED) is 0.776.